The highest BCUT2D eigenvalue weighted by atomic mass is 19.2. The van der Waals surface area contributed by atoms with E-state index in [-0.39, 0.29) is 5.56 Å². The fourth-order valence-corrected chi connectivity index (χ4v) is 0.979. The van der Waals surface area contributed by atoms with Crippen molar-refractivity contribution in [3.05, 3.63) is 29.3 Å². The number of phenols is 1. The third-order valence-electron chi connectivity index (χ3n) is 1.72. The van der Waals surface area contributed by atoms with Gasteiger partial charge in [0.1, 0.15) is 5.75 Å². The Morgan fingerprint density at radius 1 is 1.43 bits per heavy atom. The van der Waals surface area contributed by atoms with E-state index in [1.54, 1.807) is 0 Å². The van der Waals surface area contributed by atoms with Crippen molar-refractivity contribution in [1.82, 2.24) is 0 Å². The molecule has 5 heteroatoms. The van der Waals surface area contributed by atoms with Crippen LogP contribution in [0.15, 0.2) is 12.1 Å². The maximum Gasteiger partial charge on any atom is 0.183 e. The number of carbonyl (C=O) groups is 1. The molecule has 0 amide bonds. The minimum Gasteiger partial charge on any atom is -0.507 e. The van der Waals surface area contributed by atoms with Gasteiger partial charge >= 0.3 is 0 Å². The fourth-order valence-electron chi connectivity index (χ4n) is 0.979. The van der Waals surface area contributed by atoms with Crippen molar-refractivity contribution in [2.24, 2.45) is 5.73 Å². The number of Topliss-reactive ketones (excluding diaryl/α,β-unsaturated/α-hetero) is 1. The molecule has 1 aromatic rings. The Morgan fingerprint density at radius 3 is 2.43 bits per heavy atom. The summed E-state index contributed by atoms with van der Waals surface area (Å²) in [6.07, 6.45) is 0. The number of hydrogen-bond acceptors (Lipinski definition) is 3. The molecule has 0 aliphatic heterocycles. The molecule has 1 aromatic carbocycles. The second kappa shape index (κ2) is 3.71. The van der Waals surface area contributed by atoms with Crippen molar-refractivity contribution < 1.29 is 18.7 Å². The van der Waals surface area contributed by atoms with Gasteiger partial charge in [0.05, 0.1) is 11.6 Å². The molecule has 0 spiro atoms. The van der Waals surface area contributed by atoms with E-state index in [1.807, 2.05) is 0 Å². The molecule has 0 saturated carbocycles. The van der Waals surface area contributed by atoms with Crippen molar-refractivity contribution >= 4 is 5.78 Å². The van der Waals surface area contributed by atoms with Crippen LogP contribution in [-0.4, -0.2) is 16.9 Å². The molecular weight excluding hydrogens is 192 g/mol. The van der Waals surface area contributed by atoms with E-state index in [2.05, 4.69) is 0 Å². The first kappa shape index (κ1) is 10.6. The quantitative estimate of drug-likeness (QED) is 0.706. The van der Waals surface area contributed by atoms with Gasteiger partial charge in [-0.25, -0.2) is 8.78 Å². The highest BCUT2D eigenvalue weighted by molar-refractivity contribution is 6.01. The van der Waals surface area contributed by atoms with Crippen LogP contribution in [0.4, 0.5) is 8.78 Å². The number of nitrogens with two attached hydrogens (primary N) is 1. The fraction of sp³-hybridized carbons (Fsp3) is 0.222. The summed E-state index contributed by atoms with van der Waals surface area (Å²) >= 11 is 0. The molecule has 0 heterocycles. The first-order chi connectivity index (χ1) is 6.43. The molecule has 0 saturated heterocycles. The Morgan fingerprint density at radius 2 is 1.93 bits per heavy atom. The largest absolute Gasteiger partial charge is 0.507 e. The number of halogens is 2. The molecule has 14 heavy (non-hydrogen) atoms. The lowest BCUT2D eigenvalue weighted by Gasteiger charge is -2.06. The number of hydrogen-bond donors (Lipinski definition) is 2. The van der Waals surface area contributed by atoms with E-state index in [0.717, 1.165) is 0 Å². The number of benzene rings is 1. The molecule has 0 aromatic heterocycles. The monoisotopic (exact) mass is 201 g/mol. The second-order valence-corrected chi connectivity index (χ2v) is 2.94. The minimum atomic E-state index is -1.20. The van der Waals surface area contributed by atoms with E-state index in [1.165, 1.54) is 6.92 Å². The lowest BCUT2D eigenvalue weighted by atomic mass is 10.0. The highest BCUT2D eigenvalue weighted by Gasteiger charge is 2.18. The van der Waals surface area contributed by atoms with Crippen LogP contribution >= 0.6 is 0 Å². The molecule has 3 N–H and O–H groups in total. The van der Waals surface area contributed by atoms with E-state index >= 15 is 0 Å². The molecule has 0 aliphatic carbocycles. The van der Waals surface area contributed by atoms with Crippen molar-refractivity contribution in [2.45, 2.75) is 13.0 Å². The van der Waals surface area contributed by atoms with E-state index in [4.69, 9.17) is 10.8 Å². The third-order valence-corrected chi connectivity index (χ3v) is 1.72. The Hall–Kier alpha value is -1.49. The Labute approximate surface area is 79.2 Å². The van der Waals surface area contributed by atoms with Crippen LogP contribution in [0.25, 0.3) is 0 Å². The Balaban J connectivity index is 3.22. The normalized spacial score (nSPS) is 12.6. The van der Waals surface area contributed by atoms with Crippen molar-refractivity contribution in [3.63, 3.8) is 0 Å². The van der Waals surface area contributed by atoms with Gasteiger partial charge in [0.25, 0.3) is 0 Å². The summed E-state index contributed by atoms with van der Waals surface area (Å²) in [4.78, 5) is 11.3. The molecule has 3 nitrogen and oxygen atoms in total. The number of rotatable bonds is 2. The average Bonchev–Trinajstić information content (AvgIpc) is 2.10. The number of phenolic OH excluding ortho intramolecular Hbond substituents is 1. The number of carbonyl (C=O) groups excluding carboxylic acids is 1. The van der Waals surface area contributed by atoms with Crippen LogP contribution in [0.2, 0.25) is 0 Å². The summed E-state index contributed by atoms with van der Waals surface area (Å²) in [7, 11) is 0. The molecule has 76 valence electrons. The van der Waals surface area contributed by atoms with Gasteiger partial charge in [-0.1, -0.05) is 0 Å². The Bertz CT molecular complexity index is 377. The standard InChI is InChI=1S/C9H9F2NO2/c1-4(12)9(14)5-2-6(10)7(11)3-8(5)13/h2-4,13H,12H2,1H3. The highest BCUT2D eigenvalue weighted by Crippen LogP contribution is 2.21. The summed E-state index contributed by atoms with van der Waals surface area (Å²) < 4.78 is 25.3. The molecular formula is C9H9F2NO2. The third kappa shape index (κ3) is 1.88. The lowest BCUT2D eigenvalue weighted by molar-refractivity contribution is 0.0964. The van der Waals surface area contributed by atoms with Crippen molar-refractivity contribution in [3.8, 4) is 5.75 Å². The van der Waals surface area contributed by atoms with Crippen LogP contribution in [0, 0.1) is 11.6 Å². The van der Waals surface area contributed by atoms with Crippen LogP contribution in [0.1, 0.15) is 17.3 Å². The zero-order valence-electron chi connectivity index (χ0n) is 7.42. The molecule has 0 radical (unpaired) electrons. The number of aromatic hydroxyl groups is 1. The van der Waals surface area contributed by atoms with Crippen molar-refractivity contribution in [1.29, 1.82) is 0 Å². The van der Waals surface area contributed by atoms with Gasteiger partial charge in [-0.15, -0.1) is 0 Å². The maximum atomic E-state index is 12.7. The summed E-state index contributed by atoms with van der Waals surface area (Å²) in [5, 5.41) is 9.15. The predicted octanol–water partition coefficient (Wildman–Crippen LogP) is 1.20. The van der Waals surface area contributed by atoms with E-state index < -0.39 is 29.2 Å². The molecule has 0 aliphatic rings. The molecule has 0 bridgehead atoms. The van der Waals surface area contributed by atoms with Gasteiger partial charge in [-0.3, -0.25) is 4.79 Å². The van der Waals surface area contributed by atoms with Crippen LogP contribution in [-0.2, 0) is 0 Å². The van der Waals surface area contributed by atoms with Crippen LogP contribution in [0.5, 0.6) is 5.75 Å². The molecule has 1 rings (SSSR count). The summed E-state index contributed by atoms with van der Waals surface area (Å²) in [5.74, 6) is -3.64. The van der Waals surface area contributed by atoms with Gasteiger partial charge in [-0.2, -0.15) is 0 Å². The van der Waals surface area contributed by atoms with Gasteiger partial charge in [-0.05, 0) is 13.0 Å². The molecule has 1 atom stereocenters. The predicted molar refractivity (Wildman–Crippen MR) is 46.0 cm³/mol. The van der Waals surface area contributed by atoms with Crippen LogP contribution < -0.4 is 5.73 Å². The van der Waals surface area contributed by atoms with Crippen LogP contribution in [0.3, 0.4) is 0 Å². The van der Waals surface area contributed by atoms with Gasteiger partial charge in [0.15, 0.2) is 17.4 Å². The lowest BCUT2D eigenvalue weighted by Crippen LogP contribution is -2.26. The zero-order valence-corrected chi connectivity index (χ0v) is 7.42. The average molecular weight is 201 g/mol. The van der Waals surface area contributed by atoms with E-state index in [0.29, 0.717) is 12.1 Å². The zero-order chi connectivity index (χ0) is 10.9. The molecule has 0 fully saturated rings. The maximum absolute atomic E-state index is 12.7. The SMILES string of the molecule is CC(N)C(=O)c1cc(F)c(F)cc1O. The topological polar surface area (TPSA) is 63.3 Å². The summed E-state index contributed by atoms with van der Waals surface area (Å²) in [6.45, 7) is 1.39. The Kier molecular flexibility index (Phi) is 2.81. The summed E-state index contributed by atoms with van der Waals surface area (Å²) in [6, 6.07) is 0.312. The number of ketones is 1. The second-order valence-electron chi connectivity index (χ2n) is 2.94. The molecule has 1 unspecified atom stereocenters. The summed E-state index contributed by atoms with van der Waals surface area (Å²) in [5.41, 5.74) is 4.94. The smallest absolute Gasteiger partial charge is 0.183 e. The minimum absolute atomic E-state index is 0.307. The van der Waals surface area contributed by atoms with Gasteiger partial charge in [0, 0.05) is 6.07 Å². The first-order valence-corrected chi connectivity index (χ1v) is 3.91. The van der Waals surface area contributed by atoms with Crippen molar-refractivity contribution in [2.75, 3.05) is 0 Å². The van der Waals surface area contributed by atoms with E-state index in [9.17, 15) is 13.6 Å². The van der Waals surface area contributed by atoms with Gasteiger partial charge in [0.2, 0.25) is 0 Å². The van der Waals surface area contributed by atoms with Gasteiger partial charge < -0.3 is 10.8 Å². The first-order valence-electron chi connectivity index (χ1n) is 3.91.